The second-order valence-corrected chi connectivity index (χ2v) is 14.2. The molecule has 9 rings (SSSR count). The van der Waals surface area contributed by atoms with Crippen LogP contribution in [0.2, 0.25) is 0 Å². The molecule has 2 aliphatic rings. The number of benzene rings is 2. The van der Waals surface area contributed by atoms with Crippen LogP contribution in [0.4, 0.5) is 43.9 Å². The van der Waals surface area contributed by atoms with Gasteiger partial charge in [-0.25, -0.2) is 53.9 Å². The van der Waals surface area contributed by atoms with Crippen LogP contribution in [-0.4, -0.2) is 19.9 Å². The molecule has 0 spiro atoms. The molecular formula is C40H16F10N4S2. The summed E-state index contributed by atoms with van der Waals surface area (Å²) in [7, 11) is 0. The van der Waals surface area contributed by atoms with Crippen molar-refractivity contribution in [3.63, 3.8) is 0 Å². The van der Waals surface area contributed by atoms with Gasteiger partial charge in [-0.1, -0.05) is 12.1 Å². The second kappa shape index (κ2) is 13.2. The largest absolute Gasteiger partial charge is 0.354 e. The van der Waals surface area contributed by atoms with E-state index in [2.05, 4.69) is 19.9 Å². The normalized spacial score (nSPS) is 12.3. The first-order valence-electron chi connectivity index (χ1n) is 16.2. The van der Waals surface area contributed by atoms with Crippen molar-refractivity contribution < 1.29 is 43.9 Å². The second-order valence-electron chi connectivity index (χ2n) is 12.3. The third kappa shape index (κ3) is 5.34. The summed E-state index contributed by atoms with van der Waals surface area (Å²) < 4.78 is 150. The lowest BCUT2D eigenvalue weighted by atomic mass is 10.0. The summed E-state index contributed by atoms with van der Waals surface area (Å²) in [5, 5.41) is 3.43. The van der Waals surface area contributed by atoms with Crippen molar-refractivity contribution in [1.29, 1.82) is 0 Å². The lowest BCUT2D eigenvalue weighted by Crippen LogP contribution is -2.05. The maximum absolute atomic E-state index is 15.7. The zero-order valence-electron chi connectivity index (χ0n) is 27.6. The molecule has 0 atom stereocenters. The van der Waals surface area contributed by atoms with Crippen LogP contribution < -0.4 is 0 Å². The zero-order chi connectivity index (χ0) is 39.2. The first-order valence-corrected chi connectivity index (χ1v) is 18.0. The summed E-state index contributed by atoms with van der Waals surface area (Å²) >= 11 is 2.44. The molecule has 2 aromatic carbocycles. The van der Waals surface area contributed by atoms with E-state index in [-0.39, 0.29) is 44.8 Å². The Bertz CT molecular complexity index is 2770. The molecule has 56 heavy (non-hydrogen) atoms. The van der Waals surface area contributed by atoms with E-state index in [9.17, 15) is 26.3 Å². The van der Waals surface area contributed by atoms with E-state index in [4.69, 9.17) is 0 Å². The van der Waals surface area contributed by atoms with Gasteiger partial charge in [0.15, 0.2) is 46.5 Å². The van der Waals surface area contributed by atoms with Crippen LogP contribution in [0.15, 0.2) is 59.3 Å². The molecule has 0 amide bonds. The van der Waals surface area contributed by atoms with E-state index in [0.717, 1.165) is 0 Å². The number of hydrogen-bond acceptors (Lipinski definition) is 4. The predicted octanol–water partition coefficient (Wildman–Crippen LogP) is 12.8. The number of thiophene rings is 2. The van der Waals surface area contributed by atoms with E-state index < -0.39 is 80.4 Å². The standard InChI is InChI=1S/C40H16F10N4S2/c41-31-29(32(42)36(46)39(49)35(31)45)27-19-9-5-15(51-19)25(23-3-1-13-55-23)16-6-10-20(52-16)28(30-33(43)37(47)40(50)38(48)34(30)44)22-12-8-18(54-22)26(24-4-2-14-56-24)17-7-11-21(27)53-17/h1-14,51,54H. The van der Waals surface area contributed by atoms with Gasteiger partial charge in [0.25, 0.3) is 0 Å². The Morgan fingerprint density at radius 1 is 0.339 bits per heavy atom. The van der Waals surface area contributed by atoms with Crippen LogP contribution in [0.25, 0.3) is 89.5 Å². The van der Waals surface area contributed by atoms with Gasteiger partial charge >= 0.3 is 0 Å². The molecular weight excluding hydrogens is 791 g/mol. The summed E-state index contributed by atoms with van der Waals surface area (Å²) in [6.07, 6.45) is 5.50. The van der Waals surface area contributed by atoms with E-state index in [1.807, 2.05) is 0 Å². The number of rotatable bonds is 4. The number of nitrogens with one attached hydrogen (secondary N) is 2. The number of fused-ring (bicyclic) bond motifs is 8. The highest BCUT2D eigenvalue weighted by molar-refractivity contribution is 7.14. The Hall–Kier alpha value is -6.26. The Kier molecular flexibility index (Phi) is 8.35. The molecule has 2 N–H and O–H groups in total. The van der Waals surface area contributed by atoms with Crippen molar-refractivity contribution in [2.75, 3.05) is 0 Å². The maximum atomic E-state index is 15.7. The summed E-state index contributed by atoms with van der Waals surface area (Å²) in [5.74, 6) is -21.7. The third-order valence-electron chi connectivity index (χ3n) is 9.21. The number of aromatic amines is 2. The van der Waals surface area contributed by atoms with Gasteiger partial charge in [-0.05, 0) is 71.5 Å². The van der Waals surface area contributed by atoms with Gasteiger partial charge in [0.05, 0.1) is 33.9 Å². The fourth-order valence-electron chi connectivity index (χ4n) is 6.74. The van der Waals surface area contributed by atoms with E-state index in [0.29, 0.717) is 20.9 Å². The number of hydrogen-bond donors (Lipinski definition) is 2. The minimum atomic E-state index is -2.34. The quantitative estimate of drug-likeness (QED) is 0.106. The molecule has 0 aliphatic carbocycles. The minimum absolute atomic E-state index is 0.116. The number of halogens is 10. The van der Waals surface area contributed by atoms with Gasteiger partial charge in [0, 0.05) is 54.1 Å². The van der Waals surface area contributed by atoms with Crippen LogP contribution in [0, 0.1) is 58.2 Å². The summed E-state index contributed by atoms with van der Waals surface area (Å²) in [6, 6.07) is 12.4. The molecule has 0 unspecified atom stereocenters. The highest BCUT2D eigenvalue weighted by Gasteiger charge is 2.31. The summed E-state index contributed by atoms with van der Waals surface area (Å²) in [4.78, 5) is 16.3. The van der Waals surface area contributed by atoms with Crippen LogP contribution in [-0.2, 0) is 0 Å². The van der Waals surface area contributed by atoms with Crippen molar-refractivity contribution in [3.05, 3.63) is 140 Å². The highest BCUT2D eigenvalue weighted by Crippen LogP contribution is 2.43. The Morgan fingerprint density at radius 3 is 0.929 bits per heavy atom. The lowest BCUT2D eigenvalue weighted by molar-refractivity contribution is 0.381. The van der Waals surface area contributed by atoms with Crippen molar-refractivity contribution in [2.24, 2.45) is 0 Å². The summed E-state index contributed by atoms with van der Waals surface area (Å²) in [5.41, 5.74) is -2.81. The molecule has 2 aliphatic heterocycles. The Balaban J connectivity index is 1.52. The maximum Gasteiger partial charge on any atom is 0.200 e. The lowest BCUT2D eigenvalue weighted by Gasteiger charge is -2.10. The van der Waals surface area contributed by atoms with Gasteiger partial charge in [-0.2, -0.15) is 0 Å². The molecule has 16 heteroatoms. The SMILES string of the molecule is Fc1c(F)c(F)c(-c2c3nc(c(-c4cccs4)c4ccc([nH]4)c(-c4c(F)c(F)c(F)c(F)c4F)c4nc(c(-c5cccs5)c5ccc2[nH]5)C=C4)C=C3)c(F)c1F. The molecule has 0 saturated heterocycles. The fourth-order valence-corrected chi connectivity index (χ4v) is 8.33. The molecule has 5 aromatic heterocycles. The first kappa shape index (κ1) is 35.4. The first-order chi connectivity index (χ1) is 26.9. The monoisotopic (exact) mass is 806 g/mol. The molecule has 7 heterocycles. The zero-order valence-corrected chi connectivity index (χ0v) is 29.2. The number of H-pyrrole nitrogens is 2. The van der Waals surface area contributed by atoms with Gasteiger partial charge in [-0.15, -0.1) is 22.7 Å². The highest BCUT2D eigenvalue weighted by atomic mass is 32.1. The molecule has 0 saturated carbocycles. The van der Waals surface area contributed by atoms with Crippen LogP contribution in [0.3, 0.4) is 0 Å². The fraction of sp³-hybridized carbons (Fsp3) is 0. The van der Waals surface area contributed by atoms with Crippen LogP contribution >= 0.6 is 22.7 Å². The Morgan fingerprint density at radius 2 is 0.625 bits per heavy atom. The molecule has 7 aromatic rings. The average molecular weight is 807 g/mol. The van der Waals surface area contributed by atoms with Crippen molar-refractivity contribution in [1.82, 2.24) is 19.9 Å². The topological polar surface area (TPSA) is 57.4 Å². The average Bonchev–Trinajstić information content (AvgIpc) is 4.05. The molecule has 278 valence electrons. The van der Waals surface area contributed by atoms with E-state index >= 15 is 17.6 Å². The van der Waals surface area contributed by atoms with Crippen LogP contribution in [0.5, 0.6) is 0 Å². The van der Waals surface area contributed by atoms with Crippen molar-refractivity contribution in [2.45, 2.75) is 0 Å². The molecule has 4 nitrogen and oxygen atoms in total. The molecule has 0 radical (unpaired) electrons. The Labute approximate surface area is 315 Å². The van der Waals surface area contributed by atoms with Crippen molar-refractivity contribution in [3.8, 4) is 43.1 Å². The van der Waals surface area contributed by atoms with Gasteiger partial charge in [0.2, 0.25) is 11.6 Å². The van der Waals surface area contributed by atoms with Gasteiger partial charge in [0.1, 0.15) is 0 Å². The predicted molar refractivity (Wildman–Crippen MR) is 196 cm³/mol. The molecule has 8 bridgehead atoms. The minimum Gasteiger partial charge on any atom is -0.354 e. The van der Waals surface area contributed by atoms with Crippen LogP contribution in [0.1, 0.15) is 22.8 Å². The molecule has 0 fully saturated rings. The van der Waals surface area contributed by atoms with Gasteiger partial charge < -0.3 is 9.97 Å². The summed E-state index contributed by atoms with van der Waals surface area (Å²) in [6.45, 7) is 0. The number of aromatic nitrogens is 4. The van der Waals surface area contributed by atoms with E-state index in [1.165, 1.54) is 71.2 Å². The third-order valence-corrected chi connectivity index (χ3v) is 11.0. The van der Waals surface area contributed by atoms with E-state index in [1.54, 1.807) is 35.0 Å². The smallest absolute Gasteiger partial charge is 0.200 e. The van der Waals surface area contributed by atoms with Gasteiger partial charge in [-0.3, -0.25) is 0 Å². The number of nitrogens with zero attached hydrogens (tertiary/aromatic N) is 2. The van der Waals surface area contributed by atoms with Crippen molar-refractivity contribution >= 4 is 69.0 Å².